The van der Waals surface area contributed by atoms with Crippen LogP contribution < -0.4 is 0 Å². The summed E-state index contributed by atoms with van der Waals surface area (Å²) in [4.78, 5) is 18.1. The van der Waals surface area contributed by atoms with Crippen molar-refractivity contribution < 1.29 is 4.79 Å². The molecule has 1 aliphatic heterocycles. The van der Waals surface area contributed by atoms with Crippen molar-refractivity contribution in [1.29, 1.82) is 0 Å². The van der Waals surface area contributed by atoms with Crippen LogP contribution in [-0.4, -0.2) is 28.8 Å². The van der Waals surface area contributed by atoms with E-state index in [1.54, 1.807) is 18.3 Å². The van der Waals surface area contributed by atoms with Crippen LogP contribution >= 0.6 is 11.3 Å². The SMILES string of the molecule is CC(=O)C1CCN(Cc2nc(C)cs2)CC1. The molecule has 3 nitrogen and oxygen atoms in total. The first kappa shape index (κ1) is 11.7. The lowest BCUT2D eigenvalue weighted by atomic mass is 9.93. The van der Waals surface area contributed by atoms with Crippen molar-refractivity contribution in [3.8, 4) is 0 Å². The van der Waals surface area contributed by atoms with E-state index in [2.05, 4.69) is 15.3 Å². The normalized spacial score (nSPS) is 18.9. The number of carbonyl (C=O) groups excluding carboxylic acids is 1. The number of hydrogen-bond donors (Lipinski definition) is 0. The summed E-state index contributed by atoms with van der Waals surface area (Å²) in [7, 11) is 0. The Balaban J connectivity index is 1.83. The number of ketones is 1. The van der Waals surface area contributed by atoms with Gasteiger partial charge in [0, 0.05) is 17.0 Å². The predicted molar refractivity (Wildman–Crippen MR) is 65.5 cm³/mol. The Morgan fingerprint density at radius 3 is 2.75 bits per heavy atom. The quantitative estimate of drug-likeness (QED) is 0.810. The number of carbonyl (C=O) groups is 1. The topological polar surface area (TPSA) is 33.2 Å². The summed E-state index contributed by atoms with van der Waals surface area (Å²) in [6.45, 7) is 6.75. The van der Waals surface area contributed by atoms with Crippen LogP contribution in [0.4, 0.5) is 0 Å². The molecule has 16 heavy (non-hydrogen) atoms. The maximum absolute atomic E-state index is 11.2. The minimum Gasteiger partial charge on any atom is -0.300 e. The molecule has 0 amide bonds. The highest BCUT2D eigenvalue weighted by Crippen LogP contribution is 2.20. The number of hydrogen-bond acceptors (Lipinski definition) is 4. The molecule has 1 aromatic rings. The minimum atomic E-state index is 0.300. The van der Waals surface area contributed by atoms with Gasteiger partial charge in [0.2, 0.25) is 0 Å². The molecular weight excluding hydrogens is 220 g/mol. The number of Topliss-reactive ketones (excluding diaryl/α,β-unsaturated/α-hetero) is 1. The molecule has 0 radical (unpaired) electrons. The fourth-order valence-corrected chi connectivity index (χ4v) is 2.98. The van der Waals surface area contributed by atoms with E-state index in [4.69, 9.17) is 0 Å². The Kier molecular flexibility index (Phi) is 3.71. The van der Waals surface area contributed by atoms with Crippen LogP contribution in [0.1, 0.15) is 30.5 Å². The number of likely N-dealkylation sites (tertiary alicyclic amines) is 1. The maximum atomic E-state index is 11.2. The highest BCUT2D eigenvalue weighted by molar-refractivity contribution is 7.09. The van der Waals surface area contributed by atoms with Gasteiger partial charge < -0.3 is 0 Å². The van der Waals surface area contributed by atoms with Crippen molar-refractivity contribution in [1.82, 2.24) is 9.88 Å². The molecule has 2 heterocycles. The van der Waals surface area contributed by atoms with Gasteiger partial charge in [-0.2, -0.15) is 0 Å². The van der Waals surface area contributed by atoms with Crippen LogP contribution in [0.15, 0.2) is 5.38 Å². The van der Waals surface area contributed by atoms with Crippen LogP contribution in [0.5, 0.6) is 0 Å². The van der Waals surface area contributed by atoms with E-state index in [1.807, 2.05) is 6.92 Å². The Morgan fingerprint density at radius 2 is 2.25 bits per heavy atom. The number of nitrogens with zero attached hydrogens (tertiary/aromatic N) is 2. The molecule has 0 saturated carbocycles. The van der Waals surface area contributed by atoms with Crippen LogP contribution in [0, 0.1) is 12.8 Å². The molecule has 1 aliphatic rings. The molecule has 0 spiro atoms. The molecule has 1 fully saturated rings. The summed E-state index contributed by atoms with van der Waals surface area (Å²) in [5.41, 5.74) is 1.11. The second-order valence-electron chi connectivity index (χ2n) is 4.54. The molecule has 0 N–H and O–H groups in total. The van der Waals surface area contributed by atoms with E-state index < -0.39 is 0 Å². The van der Waals surface area contributed by atoms with Crippen LogP contribution in [0.2, 0.25) is 0 Å². The Bertz CT molecular complexity index is 367. The van der Waals surface area contributed by atoms with Gasteiger partial charge in [-0.3, -0.25) is 9.69 Å². The van der Waals surface area contributed by atoms with Crippen molar-refractivity contribution >= 4 is 17.1 Å². The molecule has 1 saturated heterocycles. The van der Waals surface area contributed by atoms with E-state index in [1.165, 1.54) is 5.01 Å². The number of aromatic nitrogens is 1. The summed E-state index contributed by atoms with van der Waals surface area (Å²) in [6.07, 6.45) is 2.03. The second kappa shape index (κ2) is 5.06. The lowest BCUT2D eigenvalue weighted by molar-refractivity contribution is -0.122. The molecule has 0 unspecified atom stereocenters. The van der Waals surface area contributed by atoms with Gasteiger partial charge in [-0.15, -0.1) is 11.3 Å². The first-order chi connectivity index (χ1) is 7.65. The molecule has 88 valence electrons. The van der Waals surface area contributed by atoms with Crippen LogP contribution in [-0.2, 0) is 11.3 Å². The van der Waals surface area contributed by atoms with Crippen LogP contribution in [0.25, 0.3) is 0 Å². The predicted octanol–water partition coefficient (Wildman–Crippen LogP) is 2.25. The van der Waals surface area contributed by atoms with E-state index in [-0.39, 0.29) is 0 Å². The Hall–Kier alpha value is -0.740. The van der Waals surface area contributed by atoms with Gasteiger partial charge in [-0.05, 0) is 39.8 Å². The van der Waals surface area contributed by atoms with Gasteiger partial charge in [0.15, 0.2) is 0 Å². The van der Waals surface area contributed by atoms with Gasteiger partial charge in [0.1, 0.15) is 10.8 Å². The van der Waals surface area contributed by atoms with Crippen molar-refractivity contribution in [2.75, 3.05) is 13.1 Å². The largest absolute Gasteiger partial charge is 0.300 e. The smallest absolute Gasteiger partial charge is 0.133 e. The lowest BCUT2D eigenvalue weighted by Gasteiger charge is -2.29. The van der Waals surface area contributed by atoms with Crippen molar-refractivity contribution in [2.45, 2.75) is 33.2 Å². The molecule has 0 atom stereocenters. The minimum absolute atomic E-state index is 0.300. The fraction of sp³-hybridized carbons (Fsp3) is 0.667. The number of thiazole rings is 1. The lowest BCUT2D eigenvalue weighted by Crippen LogP contribution is -2.35. The molecule has 1 aromatic heterocycles. The monoisotopic (exact) mass is 238 g/mol. The molecule has 0 bridgehead atoms. The third kappa shape index (κ3) is 2.89. The maximum Gasteiger partial charge on any atom is 0.133 e. The zero-order chi connectivity index (χ0) is 11.5. The molecule has 0 aromatic carbocycles. The Labute approximate surface area is 100 Å². The van der Waals surface area contributed by atoms with E-state index in [0.717, 1.165) is 38.2 Å². The second-order valence-corrected chi connectivity index (χ2v) is 5.49. The highest BCUT2D eigenvalue weighted by atomic mass is 32.1. The first-order valence-electron chi connectivity index (χ1n) is 5.79. The van der Waals surface area contributed by atoms with E-state index in [9.17, 15) is 4.79 Å². The van der Waals surface area contributed by atoms with E-state index in [0.29, 0.717) is 11.7 Å². The average molecular weight is 238 g/mol. The van der Waals surface area contributed by atoms with Gasteiger partial charge in [-0.25, -0.2) is 4.98 Å². The van der Waals surface area contributed by atoms with Crippen molar-refractivity contribution in [2.24, 2.45) is 5.92 Å². The molecule has 0 aliphatic carbocycles. The summed E-state index contributed by atoms with van der Waals surface area (Å²) in [5.74, 6) is 0.652. The third-order valence-electron chi connectivity index (χ3n) is 3.19. The highest BCUT2D eigenvalue weighted by Gasteiger charge is 2.22. The summed E-state index contributed by atoms with van der Waals surface area (Å²) in [5, 5.41) is 3.29. The van der Waals surface area contributed by atoms with Crippen molar-refractivity contribution in [3.05, 3.63) is 16.1 Å². The van der Waals surface area contributed by atoms with Crippen LogP contribution in [0.3, 0.4) is 0 Å². The van der Waals surface area contributed by atoms with E-state index >= 15 is 0 Å². The van der Waals surface area contributed by atoms with Gasteiger partial charge in [0.05, 0.1) is 6.54 Å². The molecule has 4 heteroatoms. The molecule has 2 rings (SSSR count). The Morgan fingerprint density at radius 1 is 1.56 bits per heavy atom. The third-order valence-corrected chi connectivity index (χ3v) is 4.14. The van der Waals surface area contributed by atoms with Gasteiger partial charge >= 0.3 is 0 Å². The number of aryl methyl sites for hydroxylation is 1. The number of piperidine rings is 1. The fourth-order valence-electron chi connectivity index (χ4n) is 2.16. The summed E-state index contributed by atoms with van der Waals surface area (Å²) >= 11 is 1.73. The average Bonchev–Trinajstić information content (AvgIpc) is 2.65. The summed E-state index contributed by atoms with van der Waals surface area (Å²) in [6, 6.07) is 0. The zero-order valence-corrected chi connectivity index (χ0v) is 10.7. The van der Waals surface area contributed by atoms with Gasteiger partial charge in [-0.1, -0.05) is 0 Å². The zero-order valence-electron chi connectivity index (χ0n) is 9.90. The van der Waals surface area contributed by atoms with Gasteiger partial charge in [0.25, 0.3) is 0 Å². The first-order valence-corrected chi connectivity index (χ1v) is 6.67. The van der Waals surface area contributed by atoms with Crippen molar-refractivity contribution in [3.63, 3.8) is 0 Å². The number of rotatable bonds is 3. The summed E-state index contributed by atoms with van der Waals surface area (Å²) < 4.78 is 0. The molecular formula is C12H18N2OS. The standard InChI is InChI=1S/C12H18N2OS/c1-9-8-16-12(13-9)7-14-5-3-11(4-6-14)10(2)15/h8,11H,3-7H2,1-2H3.